The van der Waals surface area contributed by atoms with E-state index in [-0.39, 0.29) is 10.9 Å². The first-order valence-electron chi connectivity index (χ1n) is 4.87. The molecule has 6 heteroatoms. The van der Waals surface area contributed by atoms with E-state index in [1.54, 1.807) is 6.92 Å². The van der Waals surface area contributed by atoms with Gasteiger partial charge in [0.2, 0.25) is 0 Å². The van der Waals surface area contributed by atoms with E-state index in [1.165, 1.54) is 6.07 Å². The molecule has 1 rings (SSSR count). The van der Waals surface area contributed by atoms with Gasteiger partial charge in [-0.2, -0.15) is 13.2 Å². The molecule has 0 aliphatic rings. The van der Waals surface area contributed by atoms with E-state index in [0.29, 0.717) is 5.56 Å². The number of hydrogen-bond acceptors (Lipinski definition) is 2. The van der Waals surface area contributed by atoms with Crippen LogP contribution in [0.4, 0.5) is 13.2 Å². The number of alkyl halides is 4. The Balaban J connectivity index is 3.15. The van der Waals surface area contributed by atoms with Crippen LogP contribution >= 0.6 is 15.9 Å². The first-order chi connectivity index (χ1) is 7.77. The monoisotopic (exact) mass is 312 g/mol. The quantitative estimate of drug-likeness (QED) is 0.843. The number of hydrogen-bond donors (Lipinski definition) is 2. The zero-order chi connectivity index (χ0) is 13.2. The number of halogens is 4. The zero-order valence-electron chi connectivity index (χ0n) is 9.00. The molecule has 0 spiro atoms. The van der Waals surface area contributed by atoms with Gasteiger partial charge in [0.15, 0.2) is 0 Å². The van der Waals surface area contributed by atoms with Gasteiger partial charge in [-0.25, -0.2) is 0 Å². The Kier molecular flexibility index (Phi) is 4.57. The highest BCUT2D eigenvalue weighted by Crippen LogP contribution is 2.32. The molecule has 2 N–H and O–H groups in total. The van der Waals surface area contributed by atoms with Crippen molar-refractivity contribution in [3.05, 3.63) is 34.9 Å². The molecule has 0 saturated carbocycles. The van der Waals surface area contributed by atoms with Gasteiger partial charge in [-0.3, -0.25) is 0 Å². The molecule has 0 saturated heterocycles. The van der Waals surface area contributed by atoms with Crippen molar-refractivity contribution in [3.8, 4) is 0 Å². The lowest BCUT2D eigenvalue weighted by atomic mass is 9.97. The first-order valence-corrected chi connectivity index (χ1v) is 5.99. The second kappa shape index (κ2) is 5.37. The van der Waals surface area contributed by atoms with E-state index in [4.69, 9.17) is 0 Å². The second-order valence-corrected chi connectivity index (χ2v) is 4.38. The summed E-state index contributed by atoms with van der Waals surface area (Å²) in [6.07, 6.45) is -6.93. The van der Waals surface area contributed by atoms with Gasteiger partial charge >= 0.3 is 6.18 Å². The number of aliphatic hydroxyl groups excluding tert-OH is 2. The topological polar surface area (TPSA) is 40.5 Å². The van der Waals surface area contributed by atoms with Gasteiger partial charge in [0.05, 0.1) is 11.7 Å². The van der Waals surface area contributed by atoms with Crippen LogP contribution < -0.4 is 0 Å². The van der Waals surface area contributed by atoms with E-state index in [2.05, 4.69) is 15.9 Å². The SMILES string of the molecule is Cc1ccc(C(F)(F)F)cc1C(O)C(O)CBr. The summed E-state index contributed by atoms with van der Waals surface area (Å²) < 4.78 is 37.5. The molecule has 0 radical (unpaired) electrons. The minimum atomic E-state index is -4.46. The standard InChI is InChI=1S/C11H12BrF3O2/c1-6-2-3-7(11(13,14)15)4-8(6)10(17)9(16)5-12/h2-4,9-10,16-17H,5H2,1H3. The Labute approximate surface area is 105 Å². The van der Waals surface area contributed by atoms with Crippen LogP contribution in [-0.2, 0) is 6.18 Å². The summed E-state index contributed by atoms with van der Waals surface area (Å²) in [5.41, 5.74) is -0.240. The highest BCUT2D eigenvalue weighted by Gasteiger charge is 2.32. The summed E-state index contributed by atoms with van der Waals surface area (Å²) in [7, 11) is 0. The Bertz CT molecular complexity index is 393. The van der Waals surface area contributed by atoms with Crippen LogP contribution in [0.1, 0.15) is 22.8 Å². The summed E-state index contributed by atoms with van der Waals surface area (Å²) >= 11 is 2.96. The van der Waals surface area contributed by atoms with Crippen molar-refractivity contribution < 1.29 is 23.4 Å². The largest absolute Gasteiger partial charge is 0.416 e. The number of rotatable bonds is 3. The van der Waals surface area contributed by atoms with Crippen LogP contribution in [0, 0.1) is 6.92 Å². The summed E-state index contributed by atoms with van der Waals surface area (Å²) in [5, 5.41) is 19.2. The highest BCUT2D eigenvalue weighted by molar-refractivity contribution is 9.09. The Morgan fingerprint density at radius 1 is 1.29 bits per heavy atom. The molecule has 0 aliphatic heterocycles. The Morgan fingerprint density at radius 3 is 2.35 bits per heavy atom. The first kappa shape index (κ1) is 14.5. The molecular weight excluding hydrogens is 301 g/mol. The molecule has 0 fully saturated rings. The third kappa shape index (κ3) is 3.43. The number of benzene rings is 1. The van der Waals surface area contributed by atoms with Crippen molar-refractivity contribution in [2.75, 3.05) is 5.33 Å². The third-order valence-corrected chi connectivity index (χ3v) is 3.11. The van der Waals surface area contributed by atoms with E-state index in [1.807, 2.05) is 0 Å². The second-order valence-electron chi connectivity index (χ2n) is 3.74. The fraction of sp³-hybridized carbons (Fsp3) is 0.455. The molecule has 0 aromatic heterocycles. The fourth-order valence-corrected chi connectivity index (χ4v) is 1.78. The predicted octanol–water partition coefficient (Wildman–Crippen LogP) is 2.80. The Hall–Kier alpha value is -0.590. The zero-order valence-corrected chi connectivity index (χ0v) is 10.6. The van der Waals surface area contributed by atoms with Crippen LogP contribution in [-0.4, -0.2) is 21.6 Å². The summed E-state index contributed by atoms with van der Waals surface area (Å²) in [4.78, 5) is 0. The maximum atomic E-state index is 12.5. The molecular formula is C11H12BrF3O2. The molecule has 1 aromatic rings. The molecule has 1 aromatic carbocycles. The molecule has 0 bridgehead atoms. The molecule has 0 heterocycles. The minimum Gasteiger partial charge on any atom is -0.389 e. The summed E-state index contributed by atoms with van der Waals surface area (Å²) in [6.45, 7) is 1.58. The van der Waals surface area contributed by atoms with E-state index >= 15 is 0 Å². The highest BCUT2D eigenvalue weighted by atomic mass is 79.9. The molecule has 2 unspecified atom stereocenters. The van der Waals surface area contributed by atoms with Crippen molar-refractivity contribution in [1.82, 2.24) is 0 Å². The van der Waals surface area contributed by atoms with Crippen LogP contribution in [0.3, 0.4) is 0 Å². The molecule has 17 heavy (non-hydrogen) atoms. The van der Waals surface area contributed by atoms with Gasteiger partial charge < -0.3 is 10.2 Å². The molecule has 0 amide bonds. The van der Waals surface area contributed by atoms with Gasteiger partial charge in [0.25, 0.3) is 0 Å². The van der Waals surface area contributed by atoms with E-state index in [9.17, 15) is 23.4 Å². The fourth-order valence-electron chi connectivity index (χ4n) is 1.43. The van der Waals surface area contributed by atoms with Gasteiger partial charge in [-0.15, -0.1) is 0 Å². The summed E-state index contributed by atoms with van der Waals surface area (Å²) in [5.74, 6) is 0. The van der Waals surface area contributed by atoms with Crippen molar-refractivity contribution in [2.24, 2.45) is 0 Å². The van der Waals surface area contributed by atoms with Gasteiger partial charge in [0, 0.05) is 5.33 Å². The van der Waals surface area contributed by atoms with E-state index < -0.39 is 23.9 Å². The summed E-state index contributed by atoms with van der Waals surface area (Å²) in [6, 6.07) is 3.10. The predicted molar refractivity (Wildman–Crippen MR) is 60.9 cm³/mol. The molecule has 2 atom stereocenters. The maximum absolute atomic E-state index is 12.5. The Morgan fingerprint density at radius 2 is 1.88 bits per heavy atom. The lowest BCUT2D eigenvalue weighted by Crippen LogP contribution is -2.21. The minimum absolute atomic E-state index is 0.0872. The number of aliphatic hydroxyl groups is 2. The average molecular weight is 313 g/mol. The van der Waals surface area contributed by atoms with Crippen molar-refractivity contribution in [1.29, 1.82) is 0 Å². The normalized spacial score (nSPS) is 15.7. The van der Waals surface area contributed by atoms with Crippen LogP contribution in [0.15, 0.2) is 18.2 Å². The molecule has 96 valence electrons. The van der Waals surface area contributed by atoms with Crippen molar-refractivity contribution in [3.63, 3.8) is 0 Å². The van der Waals surface area contributed by atoms with Gasteiger partial charge in [-0.05, 0) is 30.2 Å². The number of aryl methyl sites for hydroxylation is 1. The molecule has 2 nitrogen and oxygen atoms in total. The van der Waals surface area contributed by atoms with Crippen molar-refractivity contribution in [2.45, 2.75) is 25.3 Å². The molecule has 0 aliphatic carbocycles. The average Bonchev–Trinajstić information content (AvgIpc) is 2.26. The van der Waals surface area contributed by atoms with Crippen molar-refractivity contribution >= 4 is 15.9 Å². The maximum Gasteiger partial charge on any atom is 0.416 e. The van der Waals surface area contributed by atoms with Gasteiger partial charge in [0.1, 0.15) is 6.10 Å². The lowest BCUT2D eigenvalue weighted by molar-refractivity contribution is -0.137. The van der Waals surface area contributed by atoms with E-state index in [0.717, 1.165) is 12.1 Å². The third-order valence-electron chi connectivity index (χ3n) is 2.45. The van der Waals surface area contributed by atoms with Crippen LogP contribution in [0.5, 0.6) is 0 Å². The van der Waals surface area contributed by atoms with Crippen LogP contribution in [0.2, 0.25) is 0 Å². The van der Waals surface area contributed by atoms with Gasteiger partial charge in [-0.1, -0.05) is 22.0 Å². The lowest BCUT2D eigenvalue weighted by Gasteiger charge is -2.19. The smallest absolute Gasteiger partial charge is 0.389 e. The van der Waals surface area contributed by atoms with Crippen LogP contribution in [0.25, 0.3) is 0 Å².